The Kier molecular flexibility index (Phi) is 8.73. The topological polar surface area (TPSA) is 103 Å². The molecule has 7 nitrogen and oxygen atoms in total. The van der Waals surface area contributed by atoms with Gasteiger partial charge in [0.1, 0.15) is 16.7 Å². The fraction of sp³-hybridized carbons (Fsp3) is 0.333. The molecule has 0 aliphatic heterocycles. The summed E-state index contributed by atoms with van der Waals surface area (Å²) in [6.07, 6.45) is 1.29. The van der Waals surface area contributed by atoms with Gasteiger partial charge in [0.15, 0.2) is 5.78 Å². The Morgan fingerprint density at radius 2 is 1.75 bits per heavy atom. The molecule has 0 aliphatic carbocycles. The lowest BCUT2D eigenvalue weighted by molar-refractivity contribution is -0.114. The van der Waals surface area contributed by atoms with Gasteiger partial charge in [-0.3, -0.25) is 4.79 Å². The van der Waals surface area contributed by atoms with E-state index < -0.39 is 17.7 Å². The second-order valence-corrected chi connectivity index (χ2v) is 7.89. The Morgan fingerprint density at radius 3 is 2.31 bits per heavy atom. The predicted molar refractivity (Wildman–Crippen MR) is 121 cm³/mol. The van der Waals surface area contributed by atoms with Gasteiger partial charge in [-0.15, -0.1) is 11.3 Å². The summed E-state index contributed by atoms with van der Waals surface area (Å²) >= 11 is 1.01. The maximum absolute atomic E-state index is 13.0. The van der Waals surface area contributed by atoms with Crippen LogP contribution in [0.4, 0.5) is 0 Å². The van der Waals surface area contributed by atoms with E-state index in [-0.39, 0.29) is 35.6 Å². The zero-order valence-corrected chi connectivity index (χ0v) is 19.6. The number of Topliss-reactive ketones (excluding diaryl/α,β-unsaturated/α-hetero) is 1. The molecule has 0 unspecified atom stereocenters. The molecule has 0 bridgehead atoms. The first-order valence-corrected chi connectivity index (χ1v) is 10.8. The number of allylic oxidation sites excluding steroid dienone is 1. The molecule has 0 aliphatic rings. The highest BCUT2D eigenvalue weighted by Gasteiger charge is 2.28. The first-order chi connectivity index (χ1) is 15.3. The average molecular weight is 456 g/mol. The van der Waals surface area contributed by atoms with E-state index in [0.717, 1.165) is 16.9 Å². The summed E-state index contributed by atoms with van der Waals surface area (Å²) in [5, 5.41) is 9.58. The fourth-order valence-corrected chi connectivity index (χ4v) is 4.25. The Hall–Kier alpha value is -3.44. The Balaban J connectivity index is 2.44. The zero-order valence-electron chi connectivity index (χ0n) is 18.7. The van der Waals surface area contributed by atoms with Crippen molar-refractivity contribution in [1.82, 2.24) is 0 Å². The van der Waals surface area contributed by atoms with Crippen LogP contribution in [0.2, 0.25) is 0 Å². The van der Waals surface area contributed by atoms with E-state index in [2.05, 4.69) is 0 Å². The smallest absolute Gasteiger partial charge is 0.348 e. The van der Waals surface area contributed by atoms with Gasteiger partial charge in [-0.05, 0) is 62.6 Å². The lowest BCUT2D eigenvalue weighted by Crippen LogP contribution is -2.12. The minimum Gasteiger partial charge on any atom is -0.497 e. The molecule has 0 amide bonds. The zero-order chi connectivity index (χ0) is 23.8. The number of benzene rings is 1. The highest BCUT2D eigenvalue weighted by Crippen LogP contribution is 2.31. The third kappa shape index (κ3) is 5.62. The minimum atomic E-state index is -0.618. The molecule has 1 aromatic heterocycles. The number of carbonyl (C=O) groups is 3. The quantitative estimate of drug-likeness (QED) is 0.313. The third-order valence-electron chi connectivity index (χ3n) is 4.68. The van der Waals surface area contributed by atoms with Crippen LogP contribution in [0.15, 0.2) is 23.8 Å². The number of hydrogen-bond acceptors (Lipinski definition) is 8. The maximum Gasteiger partial charge on any atom is 0.348 e. The molecule has 0 saturated carbocycles. The van der Waals surface area contributed by atoms with Crippen molar-refractivity contribution in [3.63, 3.8) is 0 Å². The van der Waals surface area contributed by atoms with E-state index in [1.807, 2.05) is 13.0 Å². The Morgan fingerprint density at radius 1 is 1.09 bits per heavy atom. The number of ketones is 1. The molecule has 0 saturated heterocycles. The molecule has 0 atom stereocenters. The van der Waals surface area contributed by atoms with E-state index >= 15 is 0 Å². The van der Waals surface area contributed by atoms with Gasteiger partial charge in [-0.1, -0.05) is 6.07 Å². The molecule has 0 spiro atoms. The van der Waals surface area contributed by atoms with Gasteiger partial charge in [0.25, 0.3) is 0 Å². The summed E-state index contributed by atoms with van der Waals surface area (Å²) in [5.74, 6) is -0.980. The van der Waals surface area contributed by atoms with Crippen LogP contribution < -0.4 is 4.74 Å². The molecule has 1 aromatic carbocycles. The largest absolute Gasteiger partial charge is 0.497 e. The summed E-state index contributed by atoms with van der Waals surface area (Å²) in [6.45, 7) is 7.15. The van der Waals surface area contributed by atoms with E-state index in [1.54, 1.807) is 46.1 Å². The van der Waals surface area contributed by atoms with Crippen LogP contribution in [0, 0.1) is 25.2 Å². The number of esters is 2. The SMILES string of the molecule is CCOC(=O)c1sc(CC(=O)C(C#N)=Cc2ccc(OC)cc2C)c(C(=O)OCC)c1C. The van der Waals surface area contributed by atoms with E-state index in [0.29, 0.717) is 21.8 Å². The number of aryl methyl sites for hydroxylation is 1. The highest BCUT2D eigenvalue weighted by molar-refractivity contribution is 7.14. The first kappa shape index (κ1) is 24.8. The number of rotatable bonds is 9. The second kappa shape index (κ2) is 11.3. The lowest BCUT2D eigenvalue weighted by atomic mass is 10.0. The highest BCUT2D eigenvalue weighted by atomic mass is 32.1. The number of methoxy groups -OCH3 is 1. The molecule has 8 heteroatoms. The first-order valence-electron chi connectivity index (χ1n) is 10.0. The van der Waals surface area contributed by atoms with Gasteiger partial charge >= 0.3 is 11.9 Å². The van der Waals surface area contributed by atoms with Crippen molar-refractivity contribution in [2.75, 3.05) is 20.3 Å². The van der Waals surface area contributed by atoms with Crippen LogP contribution in [0.3, 0.4) is 0 Å². The third-order valence-corrected chi connectivity index (χ3v) is 5.95. The Bertz CT molecular complexity index is 1110. The molecule has 32 heavy (non-hydrogen) atoms. The molecule has 2 aromatic rings. The van der Waals surface area contributed by atoms with Crippen LogP contribution >= 0.6 is 11.3 Å². The standard InChI is InChI=1S/C24H25NO6S/c1-6-30-23(27)21-15(4)22(24(28)31-7-2)32-20(21)12-19(26)17(13-25)11-16-8-9-18(29-5)10-14(16)3/h8-11H,6-7,12H2,1-5H3. The van der Waals surface area contributed by atoms with Crippen molar-refractivity contribution >= 4 is 35.1 Å². The molecule has 1 heterocycles. The van der Waals surface area contributed by atoms with Crippen molar-refractivity contribution in [3.8, 4) is 11.8 Å². The van der Waals surface area contributed by atoms with Crippen molar-refractivity contribution in [2.45, 2.75) is 34.1 Å². The van der Waals surface area contributed by atoms with Crippen LogP contribution in [0.1, 0.15) is 55.4 Å². The van der Waals surface area contributed by atoms with Gasteiger partial charge in [-0.2, -0.15) is 5.26 Å². The number of nitrogens with zero attached hydrogens (tertiary/aromatic N) is 1. The van der Waals surface area contributed by atoms with Crippen LogP contribution in [-0.2, 0) is 20.7 Å². The molecule has 0 fully saturated rings. The van der Waals surface area contributed by atoms with E-state index in [1.165, 1.54) is 6.08 Å². The fourth-order valence-electron chi connectivity index (χ4n) is 3.07. The minimum absolute atomic E-state index is 0.0585. The number of thiophene rings is 1. The summed E-state index contributed by atoms with van der Waals surface area (Å²) in [7, 11) is 1.56. The molecule has 168 valence electrons. The van der Waals surface area contributed by atoms with Gasteiger partial charge in [0, 0.05) is 11.3 Å². The van der Waals surface area contributed by atoms with E-state index in [9.17, 15) is 19.6 Å². The number of hydrogen-bond donors (Lipinski definition) is 0. The maximum atomic E-state index is 13.0. The van der Waals surface area contributed by atoms with Gasteiger partial charge in [-0.25, -0.2) is 9.59 Å². The van der Waals surface area contributed by atoms with Gasteiger partial charge in [0.2, 0.25) is 0 Å². The summed E-state index contributed by atoms with van der Waals surface area (Å²) in [4.78, 5) is 38.4. The predicted octanol–water partition coefficient (Wildman–Crippen LogP) is 4.45. The van der Waals surface area contributed by atoms with Crippen molar-refractivity contribution in [2.24, 2.45) is 0 Å². The molecule has 0 N–H and O–H groups in total. The number of carbonyl (C=O) groups excluding carboxylic acids is 3. The van der Waals surface area contributed by atoms with Crippen molar-refractivity contribution in [1.29, 1.82) is 5.26 Å². The lowest BCUT2D eigenvalue weighted by Gasteiger charge is -2.06. The normalized spacial score (nSPS) is 10.9. The van der Waals surface area contributed by atoms with E-state index in [4.69, 9.17) is 14.2 Å². The van der Waals surface area contributed by atoms with Crippen LogP contribution in [-0.4, -0.2) is 38.0 Å². The second-order valence-electron chi connectivity index (χ2n) is 6.79. The average Bonchev–Trinajstić information content (AvgIpc) is 3.08. The van der Waals surface area contributed by atoms with Crippen molar-refractivity contribution < 1.29 is 28.6 Å². The van der Waals surface area contributed by atoms with Crippen LogP contribution in [0.5, 0.6) is 5.75 Å². The van der Waals surface area contributed by atoms with Crippen molar-refractivity contribution in [3.05, 3.63) is 55.8 Å². The molecular formula is C24H25NO6S. The van der Waals surface area contributed by atoms with Gasteiger partial charge in [0.05, 0.1) is 31.5 Å². The summed E-state index contributed by atoms with van der Waals surface area (Å²) < 4.78 is 15.4. The Labute approximate surface area is 191 Å². The number of nitriles is 1. The summed E-state index contributed by atoms with van der Waals surface area (Å²) in [5.41, 5.74) is 2.07. The van der Waals surface area contributed by atoms with Crippen LogP contribution in [0.25, 0.3) is 6.08 Å². The summed E-state index contributed by atoms with van der Waals surface area (Å²) in [6, 6.07) is 7.25. The molecule has 0 radical (unpaired) electrons. The molecule has 2 rings (SSSR count). The van der Waals surface area contributed by atoms with Gasteiger partial charge < -0.3 is 14.2 Å². The molecular weight excluding hydrogens is 430 g/mol. The monoisotopic (exact) mass is 455 g/mol. The number of ether oxygens (including phenoxy) is 3.